The molecule has 0 bridgehead atoms. The number of nitrogens with zero attached hydrogens (tertiary/aromatic N) is 1. The van der Waals surface area contributed by atoms with Gasteiger partial charge >= 0.3 is 0 Å². The van der Waals surface area contributed by atoms with Crippen LogP contribution in [0.1, 0.15) is 36.5 Å². The van der Waals surface area contributed by atoms with E-state index in [1.807, 2.05) is 0 Å². The van der Waals surface area contributed by atoms with Gasteiger partial charge in [-0.3, -0.25) is 4.79 Å². The van der Waals surface area contributed by atoms with Crippen molar-refractivity contribution in [3.63, 3.8) is 0 Å². The fourth-order valence-electron chi connectivity index (χ4n) is 1.86. The van der Waals surface area contributed by atoms with E-state index in [2.05, 4.69) is 12.2 Å². The summed E-state index contributed by atoms with van der Waals surface area (Å²) >= 11 is 0. The molecule has 19 heavy (non-hydrogen) atoms. The molecule has 1 rings (SSSR count). The maximum absolute atomic E-state index is 13.6. The Morgan fingerprint density at radius 2 is 1.84 bits per heavy atom. The third-order valence-electron chi connectivity index (χ3n) is 2.98. The van der Waals surface area contributed by atoms with Crippen LogP contribution in [0, 0.1) is 11.6 Å². The third-order valence-corrected chi connectivity index (χ3v) is 2.98. The summed E-state index contributed by atoms with van der Waals surface area (Å²) in [6.07, 6.45) is 2.97. The van der Waals surface area contributed by atoms with Gasteiger partial charge < -0.3 is 10.2 Å². The van der Waals surface area contributed by atoms with Gasteiger partial charge in [-0.2, -0.15) is 0 Å². The van der Waals surface area contributed by atoms with E-state index in [1.165, 1.54) is 11.9 Å². The largest absolute Gasteiger partial charge is 0.383 e. The van der Waals surface area contributed by atoms with Crippen molar-refractivity contribution in [1.29, 1.82) is 0 Å². The summed E-state index contributed by atoms with van der Waals surface area (Å²) in [7, 11) is 3.07. The summed E-state index contributed by atoms with van der Waals surface area (Å²) in [5, 5.41) is 2.43. The standard InChI is InChI=1S/C14H20F2N2O/c1-4-5-6-7-18(3)14(19)10-8-11(15)13(17-2)12(16)9-10/h8-9,17H,4-7H2,1-3H3. The summed E-state index contributed by atoms with van der Waals surface area (Å²) in [6.45, 7) is 2.66. The SMILES string of the molecule is CCCCCN(C)C(=O)c1cc(F)c(NC)c(F)c1. The topological polar surface area (TPSA) is 32.3 Å². The number of hydrogen-bond acceptors (Lipinski definition) is 2. The highest BCUT2D eigenvalue weighted by Crippen LogP contribution is 2.21. The first-order valence-electron chi connectivity index (χ1n) is 6.43. The molecule has 0 saturated carbocycles. The first kappa shape index (κ1) is 15.4. The van der Waals surface area contributed by atoms with Crippen molar-refractivity contribution < 1.29 is 13.6 Å². The molecule has 0 aliphatic heterocycles. The lowest BCUT2D eigenvalue weighted by Crippen LogP contribution is -2.28. The minimum atomic E-state index is -0.757. The number of carbonyl (C=O) groups excluding carboxylic acids is 1. The van der Waals surface area contributed by atoms with Crippen molar-refractivity contribution in [3.8, 4) is 0 Å². The quantitative estimate of drug-likeness (QED) is 0.805. The van der Waals surface area contributed by atoms with Crippen molar-refractivity contribution in [2.75, 3.05) is 26.0 Å². The Kier molecular flexibility index (Phi) is 5.73. The monoisotopic (exact) mass is 270 g/mol. The molecule has 0 spiro atoms. The van der Waals surface area contributed by atoms with Crippen molar-refractivity contribution in [2.45, 2.75) is 26.2 Å². The highest BCUT2D eigenvalue weighted by atomic mass is 19.1. The van der Waals surface area contributed by atoms with E-state index in [0.29, 0.717) is 6.54 Å². The van der Waals surface area contributed by atoms with Gasteiger partial charge in [-0.05, 0) is 18.6 Å². The summed E-state index contributed by atoms with van der Waals surface area (Å²) < 4.78 is 27.1. The zero-order chi connectivity index (χ0) is 14.4. The summed E-state index contributed by atoms with van der Waals surface area (Å²) in [5.41, 5.74) is -0.182. The Hall–Kier alpha value is -1.65. The van der Waals surface area contributed by atoms with Gasteiger partial charge in [0.2, 0.25) is 0 Å². The van der Waals surface area contributed by atoms with Crippen molar-refractivity contribution in [2.24, 2.45) is 0 Å². The molecular formula is C14H20F2N2O. The molecule has 0 aliphatic rings. The Labute approximate surface area is 112 Å². The third kappa shape index (κ3) is 3.91. The predicted molar refractivity (Wildman–Crippen MR) is 72.4 cm³/mol. The molecule has 0 aliphatic carbocycles. The summed E-state index contributed by atoms with van der Waals surface area (Å²) in [5.74, 6) is -1.88. The van der Waals surface area contributed by atoms with Crippen molar-refractivity contribution in [1.82, 2.24) is 4.90 Å². The first-order valence-corrected chi connectivity index (χ1v) is 6.43. The van der Waals surface area contributed by atoms with Gasteiger partial charge in [0.05, 0.1) is 0 Å². The van der Waals surface area contributed by atoms with Gasteiger partial charge in [0.15, 0.2) is 0 Å². The average molecular weight is 270 g/mol. The van der Waals surface area contributed by atoms with Crippen LogP contribution in [0.4, 0.5) is 14.5 Å². The second kappa shape index (κ2) is 7.07. The van der Waals surface area contributed by atoms with E-state index in [9.17, 15) is 13.6 Å². The number of unbranched alkanes of at least 4 members (excludes halogenated alkanes) is 2. The number of rotatable bonds is 6. The maximum atomic E-state index is 13.6. The minimum absolute atomic E-state index is 0.0352. The number of nitrogens with one attached hydrogen (secondary N) is 1. The van der Waals surface area contributed by atoms with Crippen LogP contribution in [0.5, 0.6) is 0 Å². The van der Waals surface area contributed by atoms with Gasteiger partial charge in [-0.1, -0.05) is 19.8 Å². The molecule has 0 unspecified atom stereocenters. The van der Waals surface area contributed by atoms with Crippen molar-refractivity contribution in [3.05, 3.63) is 29.3 Å². The fourth-order valence-corrected chi connectivity index (χ4v) is 1.86. The molecular weight excluding hydrogens is 250 g/mol. The zero-order valence-electron chi connectivity index (χ0n) is 11.6. The molecule has 0 heterocycles. The number of benzene rings is 1. The molecule has 0 saturated heterocycles. The lowest BCUT2D eigenvalue weighted by molar-refractivity contribution is 0.0791. The van der Waals surface area contributed by atoms with E-state index >= 15 is 0 Å². The van der Waals surface area contributed by atoms with Crippen LogP contribution in [-0.2, 0) is 0 Å². The number of anilines is 1. The Morgan fingerprint density at radius 3 is 2.32 bits per heavy atom. The molecule has 1 N–H and O–H groups in total. The van der Waals surface area contributed by atoms with E-state index in [4.69, 9.17) is 0 Å². The van der Waals surface area contributed by atoms with Crippen LogP contribution in [0.15, 0.2) is 12.1 Å². The van der Waals surface area contributed by atoms with E-state index in [1.54, 1.807) is 7.05 Å². The summed E-state index contributed by atoms with van der Waals surface area (Å²) in [4.78, 5) is 13.5. The van der Waals surface area contributed by atoms with Crippen molar-refractivity contribution >= 4 is 11.6 Å². The molecule has 0 fully saturated rings. The second-order valence-electron chi connectivity index (χ2n) is 4.50. The number of carbonyl (C=O) groups is 1. The lowest BCUT2D eigenvalue weighted by atomic mass is 10.1. The van der Waals surface area contributed by atoms with Gasteiger partial charge in [0.1, 0.15) is 17.3 Å². The Balaban J connectivity index is 2.82. The molecule has 3 nitrogen and oxygen atoms in total. The van der Waals surface area contributed by atoms with E-state index in [-0.39, 0.29) is 17.2 Å². The molecule has 1 amide bonds. The molecule has 1 aromatic rings. The van der Waals surface area contributed by atoms with Crippen LogP contribution in [0.3, 0.4) is 0 Å². The normalized spacial score (nSPS) is 10.4. The van der Waals surface area contributed by atoms with Crippen LogP contribution < -0.4 is 5.32 Å². The van der Waals surface area contributed by atoms with Gasteiger partial charge in [0.25, 0.3) is 5.91 Å². The lowest BCUT2D eigenvalue weighted by Gasteiger charge is -2.17. The van der Waals surface area contributed by atoms with Gasteiger partial charge in [-0.25, -0.2) is 8.78 Å². The van der Waals surface area contributed by atoms with Gasteiger partial charge in [0, 0.05) is 26.2 Å². The number of hydrogen-bond donors (Lipinski definition) is 1. The maximum Gasteiger partial charge on any atom is 0.253 e. The van der Waals surface area contributed by atoms with Crippen LogP contribution in [0.2, 0.25) is 0 Å². The molecule has 1 aromatic carbocycles. The molecule has 106 valence electrons. The zero-order valence-corrected chi connectivity index (χ0v) is 11.6. The number of halogens is 2. The van der Waals surface area contributed by atoms with Crippen LogP contribution >= 0.6 is 0 Å². The van der Waals surface area contributed by atoms with E-state index < -0.39 is 11.6 Å². The molecule has 0 radical (unpaired) electrons. The number of amides is 1. The summed E-state index contributed by atoms with van der Waals surface area (Å²) in [6, 6.07) is 2.13. The minimum Gasteiger partial charge on any atom is -0.383 e. The first-order chi connectivity index (χ1) is 9.01. The highest BCUT2D eigenvalue weighted by molar-refractivity contribution is 5.94. The van der Waals surface area contributed by atoms with Gasteiger partial charge in [-0.15, -0.1) is 0 Å². The molecule has 0 atom stereocenters. The Morgan fingerprint density at radius 1 is 1.26 bits per heavy atom. The van der Waals surface area contributed by atoms with Crippen LogP contribution in [0.25, 0.3) is 0 Å². The highest BCUT2D eigenvalue weighted by Gasteiger charge is 2.16. The molecule has 5 heteroatoms. The van der Waals surface area contributed by atoms with Crippen LogP contribution in [-0.4, -0.2) is 31.4 Å². The predicted octanol–water partition coefficient (Wildman–Crippen LogP) is 3.27. The smallest absolute Gasteiger partial charge is 0.253 e. The average Bonchev–Trinajstić information content (AvgIpc) is 2.37. The second-order valence-corrected chi connectivity index (χ2v) is 4.50. The molecule has 0 aromatic heterocycles. The fraction of sp³-hybridized carbons (Fsp3) is 0.500. The van der Waals surface area contributed by atoms with E-state index in [0.717, 1.165) is 31.4 Å². The Bertz CT molecular complexity index is 426.